The highest BCUT2D eigenvalue weighted by Crippen LogP contribution is 2.08. The van der Waals surface area contributed by atoms with E-state index >= 15 is 0 Å². The molecule has 0 aliphatic rings. The fraction of sp³-hybridized carbons (Fsp3) is 0.455. The molecule has 1 rings (SSSR count). The van der Waals surface area contributed by atoms with Crippen LogP contribution < -0.4 is 5.32 Å². The Morgan fingerprint density at radius 3 is 3.15 bits per heavy atom. The molecule has 1 N–H and O–H groups in total. The first kappa shape index (κ1) is 10.3. The first-order valence-electron chi connectivity index (χ1n) is 4.51. The van der Waals surface area contributed by atoms with Crippen molar-refractivity contribution in [1.82, 2.24) is 5.32 Å². The molecule has 0 radical (unpaired) electrons. The lowest BCUT2D eigenvalue weighted by molar-refractivity contribution is 0.555. The second kappa shape index (κ2) is 5.80. The van der Waals surface area contributed by atoms with Crippen LogP contribution in [-0.4, -0.2) is 12.6 Å². The second-order valence-electron chi connectivity index (χ2n) is 3.15. The van der Waals surface area contributed by atoms with Gasteiger partial charge in [0, 0.05) is 19.0 Å². The van der Waals surface area contributed by atoms with Gasteiger partial charge in [-0.3, -0.25) is 0 Å². The molecule has 1 aromatic rings. The highest BCUT2D eigenvalue weighted by atomic mass is 32.1. The van der Waals surface area contributed by atoms with Gasteiger partial charge in [0.15, 0.2) is 0 Å². The van der Waals surface area contributed by atoms with Crippen molar-refractivity contribution >= 4 is 11.3 Å². The Labute approximate surface area is 84.2 Å². The van der Waals surface area contributed by atoms with Crippen molar-refractivity contribution < 1.29 is 0 Å². The number of hydrogen-bond donors (Lipinski definition) is 1. The summed E-state index contributed by atoms with van der Waals surface area (Å²) >= 11 is 1.75. The van der Waals surface area contributed by atoms with Crippen molar-refractivity contribution in [3.63, 3.8) is 0 Å². The molecule has 13 heavy (non-hydrogen) atoms. The Kier molecular flexibility index (Phi) is 4.59. The fourth-order valence-corrected chi connectivity index (χ4v) is 1.91. The average molecular weight is 193 g/mol. The highest BCUT2D eigenvalue weighted by Gasteiger charge is 2.01. The Bertz CT molecular complexity index is 258. The van der Waals surface area contributed by atoms with E-state index in [4.69, 9.17) is 6.42 Å². The minimum atomic E-state index is 0.517. The van der Waals surface area contributed by atoms with Crippen LogP contribution in [0.25, 0.3) is 0 Å². The monoisotopic (exact) mass is 193 g/mol. The van der Waals surface area contributed by atoms with E-state index in [1.165, 1.54) is 5.56 Å². The van der Waals surface area contributed by atoms with Gasteiger partial charge in [-0.2, -0.15) is 11.3 Å². The maximum absolute atomic E-state index is 5.16. The Balaban J connectivity index is 2.19. The van der Waals surface area contributed by atoms with Gasteiger partial charge in [0.25, 0.3) is 0 Å². The predicted octanol–water partition coefficient (Wildman–Crippen LogP) is 2.29. The number of nitrogens with one attached hydrogen (secondary N) is 1. The van der Waals surface area contributed by atoms with Crippen molar-refractivity contribution in [2.24, 2.45) is 0 Å². The number of terminal acetylenes is 1. The van der Waals surface area contributed by atoms with E-state index in [2.05, 4.69) is 35.0 Å². The molecule has 1 heterocycles. The Morgan fingerprint density at radius 1 is 1.69 bits per heavy atom. The highest BCUT2D eigenvalue weighted by molar-refractivity contribution is 7.07. The van der Waals surface area contributed by atoms with E-state index in [1.807, 2.05) is 0 Å². The summed E-state index contributed by atoms with van der Waals surface area (Å²) < 4.78 is 0. The lowest BCUT2D eigenvalue weighted by Gasteiger charge is -2.11. The molecule has 70 valence electrons. The Morgan fingerprint density at radius 2 is 2.54 bits per heavy atom. The maximum atomic E-state index is 5.16. The molecule has 0 saturated heterocycles. The van der Waals surface area contributed by atoms with Gasteiger partial charge in [-0.05, 0) is 35.7 Å². The lowest BCUT2D eigenvalue weighted by atomic mass is 10.1. The van der Waals surface area contributed by atoms with Crippen LogP contribution in [-0.2, 0) is 6.42 Å². The van der Waals surface area contributed by atoms with Gasteiger partial charge in [-0.25, -0.2) is 0 Å². The van der Waals surface area contributed by atoms with Crippen molar-refractivity contribution in [2.45, 2.75) is 25.8 Å². The SMILES string of the molecule is C#CCCNC(C)Cc1ccsc1. The predicted molar refractivity (Wildman–Crippen MR) is 58.9 cm³/mol. The zero-order valence-corrected chi connectivity index (χ0v) is 8.73. The zero-order valence-electron chi connectivity index (χ0n) is 7.92. The maximum Gasteiger partial charge on any atom is 0.0211 e. The second-order valence-corrected chi connectivity index (χ2v) is 3.93. The number of rotatable bonds is 5. The molecule has 0 aliphatic carbocycles. The molecule has 2 heteroatoms. The molecule has 1 aromatic heterocycles. The first-order chi connectivity index (χ1) is 6.33. The summed E-state index contributed by atoms with van der Waals surface area (Å²) in [7, 11) is 0. The van der Waals surface area contributed by atoms with Crippen LogP contribution >= 0.6 is 11.3 Å². The quantitative estimate of drug-likeness (QED) is 0.559. The summed E-state index contributed by atoms with van der Waals surface area (Å²) in [5.41, 5.74) is 1.41. The molecule has 0 bridgehead atoms. The summed E-state index contributed by atoms with van der Waals surface area (Å²) in [6, 6.07) is 2.69. The van der Waals surface area contributed by atoms with Gasteiger partial charge < -0.3 is 5.32 Å². The van der Waals surface area contributed by atoms with E-state index < -0.39 is 0 Å². The minimum Gasteiger partial charge on any atom is -0.313 e. The molecule has 0 aromatic carbocycles. The van der Waals surface area contributed by atoms with Crippen LogP contribution in [0.2, 0.25) is 0 Å². The largest absolute Gasteiger partial charge is 0.313 e. The standard InChI is InChI=1S/C11H15NS/c1-3-4-6-12-10(2)8-11-5-7-13-9-11/h1,5,7,9-10,12H,4,6,8H2,2H3. The van der Waals surface area contributed by atoms with E-state index in [9.17, 15) is 0 Å². The smallest absolute Gasteiger partial charge is 0.0211 e. The summed E-state index contributed by atoms with van der Waals surface area (Å²) in [6.07, 6.45) is 7.07. The molecule has 0 saturated carbocycles. The van der Waals surface area contributed by atoms with Crippen LogP contribution in [0, 0.1) is 12.3 Å². The van der Waals surface area contributed by atoms with E-state index in [-0.39, 0.29) is 0 Å². The van der Waals surface area contributed by atoms with Crippen molar-refractivity contribution in [3.05, 3.63) is 22.4 Å². The number of thiophene rings is 1. The number of hydrogen-bond acceptors (Lipinski definition) is 2. The zero-order chi connectivity index (χ0) is 9.52. The lowest BCUT2D eigenvalue weighted by Crippen LogP contribution is -2.28. The molecule has 1 nitrogen and oxygen atoms in total. The molecule has 1 atom stereocenters. The molecule has 0 amide bonds. The van der Waals surface area contributed by atoms with E-state index in [0.29, 0.717) is 6.04 Å². The van der Waals surface area contributed by atoms with Crippen LogP contribution in [0.3, 0.4) is 0 Å². The van der Waals surface area contributed by atoms with Crippen LogP contribution in [0.15, 0.2) is 16.8 Å². The van der Waals surface area contributed by atoms with Crippen molar-refractivity contribution in [2.75, 3.05) is 6.54 Å². The third-order valence-electron chi connectivity index (χ3n) is 1.88. The van der Waals surface area contributed by atoms with Crippen LogP contribution in [0.1, 0.15) is 18.9 Å². The molecule has 0 spiro atoms. The van der Waals surface area contributed by atoms with Gasteiger partial charge in [0.2, 0.25) is 0 Å². The molecular weight excluding hydrogens is 178 g/mol. The van der Waals surface area contributed by atoms with E-state index in [0.717, 1.165) is 19.4 Å². The fourth-order valence-electron chi connectivity index (χ4n) is 1.23. The summed E-state index contributed by atoms with van der Waals surface area (Å²) in [5, 5.41) is 7.69. The van der Waals surface area contributed by atoms with Gasteiger partial charge in [0.05, 0.1) is 0 Å². The topological polar surface area (TPSA) is 12.0 Å². The molecule has 0 aliphatic heterocycles. The van der Waals surface area contributed by atoms with Gasteiger partial charge in [-0.1, -0.05) is 0 Å². The third-order valence-corrected chi connectivity index (χ3v) is 2.62. The van der Waals surface area contributed by atoms with Gasteiger partial charge >= 0.3 is 0 Å². The molecular formula is C11H15NS. The average Bonchev–Trinajstić information content (AvgIpc) is 2.57. The normalized spacial score (nSPS) is 12.3. The van der Waals surface area contributed by atoms with Crippen LogP contribution in [0.4, 0.5) is 0 Å². The minimum absolute atomic E-state index is 0.517. The summed E-state index contributed by atoms with van der Waals surface area (Å²) in [5.74, 6) is 2.62. The summed E-state index contributed by atoms with van der Waals surface area (Å²) in [4.78, 5) is 0. The van der Waals surface area contributed by atoms with Gasteiger partial charge in [-0.15, -0.1) is 12.3 Å². The van der Waals surface area contributed by atoms with E-state index in [1.54, 1.807) is 11.3 Å². The molecule has 0 fully saturated rings. The first-order valence-corrected chi connectivity index (χ1v) is 5.45. The summed E-state index contributed by atoms with van der Waals surface area (Å²) in [6.45, 7) is 3.11. The third kappa shape index (κ3) is 4.12. The van der Waals surface area contributed by atoms with Gasteiger partial charge in [0.1, 0.15) is 0 Å². The van der Waals surface area contributed by atoms with Crippen LogP contribution in [0.5, 0.6) is 0 Å². The Hall–Kier alpha value is -0.780. The molecule has 1 unspecified atom stereocenters. The van der Waals surface area contributed by atoms with Crippen molar-refractivity contribution in [1.29, 1.82) is 0 Å². The van der Waals surface area contributed by atoms with Crippen molar-refractivity contribution in [3.8, 4) is 12.3 Å².